The molecule has 0 heterocycles. The Bertz CT molecular complexity index is 276. The van der Waals surface area contributed by atoms with E-state index in [0.29, 0.717) is 6.54 Å². The number of rotatable bonds is 3. The maximum absolute atomic E-state index is 11.6. The van der Waals surface area contributed by atoms with Crippen LogP contribution in [0.1, 0.15) is 33.6 Å². The van der Waals surface area contributed by atoms with Crippen LogP contribution in [-0.2, 0) is 4.79 Å². The molecule has 1 unspecified atom stereocenters. The molecular formula is C12H19NO. The van der Waals surface area contributed by atoms with Gasteiger partial charge in [-0.05, 0) is 39.2 Å². The first kappa shape index (κ1) is 11.0. The molecule has 1 atom stereocenters. The minimum absolute atomic E-state index is 0.00787. The molecule has 0 bridgehead atoms. The topological polar surface area (TPSA) is 29.1 Å². The van der Waals surface area contributed by atoms with Crippen molar-refractivity contribution >= 4 is 5.91 Å². The molecule has 0 fully saturated rings. The molecule has 1 aliphatic carbocycles. The van der Waals surface area contributed by atoms with Gasteiger partial charge in [-0.25, -0.2) is 0 Å². The van der Waals surface area contributed by atoms with Gasteiger partial charge in [0.05, 0.1) is 5.92 Å². The van der Waals surface area contributed by atoms with Crippen LogP contribution in [0, 0.1) is 5.92 Å². The lowest BCUT2D eigenvalue weighted by Crippen LogP contribution is -2.30. The summed E-state index contributed by atoms with van der Waals surface area (Å²) in [7, 11) is 0. The predicted octanol–water partition coefficient (Wildman–Crippen LogP) is 2.43. The van der Waals surface area contributed by atoms with Gasteiger partial charge in [-0.1, -0.05) is 17.7 Å². The lowest BCUT2D eigenvalue weighted by atomic mass is 9.89. The van der Waals surface area contributed by atoms with E-state index in [1.807, 2.05) is 13.8 Å². The first-order chi connectivity index (χ1) is 6.66. The van der Waals surface area contributed by atoms with E-state index in [9.17, 15) is 4.79 Å². The molecule has 14 heavy (non-hydrogen) atoms. The van der Waals surface area contributed by atoms with Crippen LogP contribution in [0.25, 0.3) is 0 Å². The van der Waals surface area contributed by atoms with Crippen molar-refractivity contribution in [2.45, 2.75) is 33.6 Å². The number of nitrogens with one attached hydrogen (secondary N) is 1. The van der Waals surface area contributed by atoms with Crippen LogP contribution in [-0.4, -0.2) is 12.5 Å². The summed E-state index contributed by atoms with van der Waals surface area (Å²) in [5, 5.41) is 2.86. The van der Waals surface area contributed by atoms with E-state index in [1.165, 1.54) is 11.1 Å². The highest BCUT2D eigenvalue weighted by atomic mass is 16.1. The zero-order valence-electron chi connectivity index (χ0n) is 9.26. The van der Waals surface area contributed by atoms with Crippen LogP contribution in [0.4, 0.5) is 0 Å². The third kappa shape index (κ3) is 2.47. The molecule has 0 aromatic carbocycles. The van der Waals surface area contributed by atoms with Crippen LogP contribution in [0.2, 0.25) is 0 Å². The van der Waals surface area contributed by atoms with Crippen molar-refractivity contribution in [3.63, 3.8) is 0 Å². The SMILES string of the molecule is CCNC(=O)C(C)C1=CCCC=C1C. The van der Waals surface area contributed by atoms with Crippen LogP contribution < -0.4 is 5.32 Å². The molecule has 0 spiro atoms. The zero-order chi connectivity index (χ0) is 10.6. The monoisotopic (exact) mass is 193 g/mol. The van der Waals surface area contributed by atoms with Gasteiger partial charge in [0.15, 0.2) is 0 Å². The van der Waals surface area contributed by atoms with E-state index in [-0.39, 0.29) is 11.8 Å². The summed E-state index contributed by atoms with van der Waals surface area (Å²) in [6.07, 6.45) is 6.58. The van der Waals surface area contributed by atoms with E-state index >= 15 is 0 Å². The molecule has 0 saturated carbocycles. The van der Waals surface area contributed by atoms with Gasteiger partial charge in [0.1, 0.15) is 0 Å². The van der Waals surface area contributed by atoms with Crippen molar-refractivity contribution in [1.29, 1.82) is 0 Å². The summed E-state index contributed by atoms with van der Waals surface area (Å²) >= 11 is 0. The molecule has 0 aromatic heterocycles. The van der Waals surface area contributed by atoms with Crippen LogP contribution in [0.3, 0.4) is 0 Å². The van der Waals surface area contributed by atoms with E-state index in [0.717, 1.165) is 12.8 Å². The van der Waals surface area contributed by atoms with Crippen LogP contribution in [0.5, 0.6) is 0 Å². The highest BCUT2D eigenvalue weighted by Crippen LogP contribution is 2.25. The normalized spacial score (nSPS) is 18.2. The predicted molar refractivity (Wildman–Crippen MR) is 58.9 cm³/mol. The Morgan fingerprint density at radius 3 is 2.71 bits per heavy atom. The van der Waals surface area contributed by atoms with E-state index < -0.39 is 0 Å². The Kier molecular flexibility index (Phi) is 3.93. The van der Waals surface area contributed by atoms with E-state index in [1.54, 1.807) is 0 Å². The number of hydrogen-bond acceptors (Lipinski definition) is 1. The van der Waals surface area contributed by atoms with Crippen molar-refractivity contribution in [2.24, 2.45) is 5.92 Å². The van der Waals surface area contributed by atoms with Crippen LogP contribution >= 0.6 is 0 Å². The second kappa shape index (κ2) is 4.99. The van der Waals surface area contributed by atoms with Crippen molar-refractivity contribution in [3.8, 4) is 0 Å². The molecule has 78 valence electrons. The first-order valence-corrected chi connectivity index (χ1v) is 5.31. The molecule has 2 heteroatoms. The number of allylic oxidation sites excluding steroid dienone is 3. The fourth-order valence-corrected chi connectivity index (χ4v) is 1.80. The number of carbonyl (C=O) groups is 1. The molecule has 1 amide bonds. The summed E-state index contributed by atoms with van der Waals surface area (Å²) in [4.78, 5) is 11.6. The lowest BCUT2D eigenvalue weighted by Gasteiger charge is -2.19. The molecular weight excluding hydrogens is 174 g/mol. The zero-order valence-corrected chi connectivity index (χ0v) is 9.26. The van der Waals surface area contributed by atoms with Gasteiger partial charge >= 0.3 is 0 Å². The fraction of sp³-hybridized carbons (Fsp3) is 0.583. The third-order valence-corrected chi connectivity index (χ3v) is 2.65. The minimum atomic E-state index is -0.00787. The maximum atomic E-state index is 11.6. The summed E-state index contributed by atoms with van der Waals surface area (Å²) in [5.41, 5.74) is 2.46. The van der Waals surface area contributed by atoms with Gasteiger partial charge in [0.25, 0.3) is 0 Å². The third-order valence-electron chi connectivity index (χ3n) is 2.65. The van der Waals surface area contributed by atoms with Crippen molar-refractivity contribution in [3.05, 3.63) is 23.3 Å². The van der Waals surface area contributed by atoms with E-state index in [2.05, 4.69) is 24.4 Å². The number of amides is 1. The smallest absolute Gasteiger partial charge is 0.227 e. The lowest BCUT2D eigenvalue weighted by molar-refractivity contribution is -0.123. The molecule has 0 radical (unpaired) electrons. The van der Waals surface area contributed by atoms with Crippen molar-refractivity contribution in [2.75, 3.05) is 6.54 Å². The Balaban J connectivity index is 2.68. The Hall–Kier alpha value is -1.05. The second-order valence-electron chi connectivity index (χ2n) is 3.74. The van der Waals surface area contributed by atoms with Gasteiger partial charge in [0, 0.05) is 6.54 Å². The van der Waals surface area contributed by atoms with E-state index in [4.69, 9.17) is 0 Å². The largest absolute Gasteiger partial charge is 0.356 e. The summed E-state index contributed by atoms with van der Waals surface area (Å²) in [6.45, 7) is 6.71. The quantitative estimate of drug-likeness (QED) is 0.732. The highest BCUT2D eigenvalue weighted by molar-refractivity contribution is 5.82. The molecule has 1 N–H and O–H groups in total. The molecule has 0 saturated heterocycles. The molecule has 1 rings (SSSR count). The van der Waals surface area contributed by atoms with Crippen LogP contribution in [0.15, 0.2) is 23.3 Å². The molecule has 1 aliphatic rings. The number of hydrogen-bond donors (Lipinski definition) is 1. The average Bonchev–Trinajstić information content (AvgIpc) is 2.18. The van der Waals surface area contributed by atoms with Gasteiger partial charge < -0.3 is 5.32 Å². The average molecular weight is 193 g/mol. The number of carbonyl (C=O) groups excluding carboxylic acids is 1. The Labute approximate surface area is 86.1 Å². The van der Waals surface area contributed by atoms with Gasteiger partial charge in [-0.2, -0.15) is 0 Å². The summed E-state index contributed by atoms with van der Waals surface area (Å²) in [6, 6.07) is 0. The summed E-state index contributed by atoms with van der Waals surface area (Å²) < 4.78 is 0. The fourth-order valence-electron chi connectivity index (χ4n) is 1.80. The molecule has 0 aliphatic heterocycles. The minimum Gasteiger partial charge on any atom is -0.356 e. The molecule has 0 aromatic rings. The summed E-state index contributed by atoms with van der Waals surface area (Å²) in [5.74, 6) is 0.125. The van der Waals surface area contributed by atoms with Gasteiger partial charge in [-0.3, -0.25) is 4.79 Å². The Morgan fingerprint density at radius 1 is 1.50 bits per heavy atom. The standard InChI is InChI=1S/C12H19NO/c1-4-13-12(14)10(3)11-8-6-5-7-9(11)2/h7-8,10H,4-6H2,1-3H3,(H,13,14). The van der Waals surface area contributed by atoms with Gasteiger partial charge in [0.2, 0.25) is 5.91 Å². The highest BCUT2D eigenvalue weighted by Gasteiger charge is 2.18. The van der Waals surface area contributed by atoms with Crippen molar-refractivity contribution in [1.82, 2.24) is 5.32 Å². The molecule has 2 nitrogen and oxygen atoms in total. The van der Waals surface area contributed by atoms with Gasteiger partial charge in [-0.15, -0.1) is 0 Å². The first-order valence-electron chi connectivity index (χ1n) is 5.31. The maximum Gasteiger partial charge on any atom is 0.227 e. The van der Waals surface area contributed by atoms with Crippen molar-refractivity contribution < 1.29 is 4.79 Å². The second-order valence-corrected chi connectivity index (χ2v) is 3.74. The Morgan fingerprint density at radius 2 is 2.14 bits per heavy atom.